The van der Waals surface area contributed by atoms with Crippen molar-refractivity contribution in [3.05, 3.63) is 0 Å². The summed E-state index contributed by atoms with van der Waals surface area (Å²) in [4.78, 5) is 6.87. The summed E-state index contributed by atoms with van der Waals surface area (Å²) in [6, 6.07) is 1.40. The van der Waals surface area contributed by atoms with E-state index in [1.54, 1.807) is 0 Å². The lowest BCUT2D eigenvalue weighted by Gasteiger charge is -2.25. The van der Waals surface area contributed by atoms with Crippen molar-refractivity contribution in [1.82, 2.24) is 15.5 Å². The zero-order chi connectivity index (χ0) is 15.1. The molecule has 2 saturated carbocycles. The molecule has 22 heavy (non-hydrogen) atoms. The number of thioether (sulfide) groups is 1. The van der Waals surface area contributed by atoms with Gasteiger partial charge in [-0.1, -0.05) is 12.8 Å². The second-order valence-corrected chi connectivity index (χ2v) is 7.57. The van der Waals surface area contributed by atoms with Crippen LogP contribution in [0, 0.1) is 0 Å². The van der Waals surface area contributed by atoms with E-state index < -0.39 is 0 Å². The van der Waals surface area contributed by atoms with Crippen molar-refractivity contribution in [3.8, 4) is 0 Å². The van der Waals surface area contributed by atoms with Gasteiger partial charge in [0.15, 0.2) is 5.96 Å². The zero-order valence-electron chi connectivity index (χ0n) is 14.3. The molecule has 0 amide bonds. The van der Waals surface area contributed by atoms with Crippen molar-refractivity contribution in [2.45, 2.75) is 62.3 Å². The highest BCUT2D eigenvalue weighted by Crippen LogP contribution is 2.28. The number of nitrogens with one attached hydrogen (secondary N) is 2. The maximum Gasteiger partial charge on any atom is 0.191 e. The third kappa shape index (κ3) is 6.43. The van der Waals surface area contributed by atoms with Crippen molar-refractivity contribution in [3.63, 3.8) is 0 Å². The summed E-state index contributed by atoms with van der Waals surface area (Å²) in [5.74, 6) is 0.974. The van der Waals surface area contributed by atoms with E-state index in [4.69, 9.17) is 0 Å². The van der Waals surface area contributed by atoms with E-state index in [-0.39, 0.29) is 24.0 Å². The Bertz CT molecular complexity index is 334. The highest BCUT2D eigenvalue weighted by Gasteiger charge is 2.24. The molecule has 2 N–H and O–H groups in total. The second kappa shape index (κ2) is 11.0. The summed E-state index contributed by atoms with van der Waals surface area (Å²) < 4.78 is 0. The van der Waals surface area contributed by atoms with Crippen LogP contribution in [0.1, 0.15) is 44.9 Å². The van der Waals surface area contributed by atoms with Crippen LogP contribution in [-0.2, 0) is 0 Å². The molecule has 130 valence electrons. The molecule has 0 aliphatic heterocycles. The molecule has 4 nitrogen and oxygen atoms in total. The van der Waals surface area contributed by atoms with Gasteiger partial charge in [0.25, 0.3) is 0 Å². The molecular formula is C16H33IN4S. The lowest BCUT2D eigenvalue weighted by atomic mass is 10.2. The van der Waals surface area contributed by atoms with Gasteiger partial charge >= 0.3 is 0 Å². The fourth-order valence-electron chi connectivity index (χ4n) is 3.55. The van der Waals surface area contributed by atoms with Gasteiger partial charge < -0.3 is 15.5 Å². The number of hydrogen-bond acceptors (Lipinski definition) is 3. The monoisotopic (exact) mass is 440 g/mol. The van der Waals surface area contributed by atoms with E-state index in [0.29, 0.717) is 6.04 Å². The Labute approximate surface area is 157 Å². The third-order valence-corrected chi connectivity index (χ3v) is 6.08. The number of hydrogen-bond donors (Lipinski definition) is 2. The molecule has 0 aromatic carbocycles. The van der Waals surface area contributed by atoms with Crippen LogP contribution < -0.4 is 10.6 Å². The zero-order valence-corrected chi connectivity index (χ0v) is 17.5. The van der Waals surface area contributed by atoms with Crippen molar-refractivity contribution >= 4 is 41.7 Å². The standard InChI is InChI=1S/C16H32N4S.HI/c1-17-16(19-13-8-9-15(12-13)21-3)18-10-11-20(2)14-6-4-5-7-14;/h13-15H,4-12H2,1-3H3,(H2,17,18,19);1H. The Morgan fingerprint density at radius 1 is 1.23 bits per heavy atom. The van der Waals surface area contributed by atoms with E-state index in [9.17, 15) is 0 Å². The summed E-state index contributed by atoms with van der Waals surface area (Å²) in [7, 11) is 4.13. The van der Waals surface area contributed by atoms with Gasteiger partial charge in [0, 0.05) is 37.5 Å². The summed E-state index contributed by atoms with van der Waals surface area (Å²) >= 11 is 2.00. The van der Waals surface area contributed by atoms with Gasteiger partial charge in [-0.2, -0.15) is 11.8 Å². The number of halogens is 1. The number of rotatable bonds is 6. The largest absolute Gasteiger partial charge is 0.355 e. The summed E-state index contributed by atoms with van der Waals surface area (Å²) in [5, 5.41) is 7.88. The second-order valence-electron chi connectivity index (χ2n) is 6.43. The molecular weight excluding hydrogens is 407 g/mol. The van der Waals surface area contributed by atoms with Gasteiger partial charge in [-0.15, -0.1) is 24.0 Å². The molecule has 0 heterocycles. The molecule has 0 bridgehead atoms. The Hall–Kier alpha value is 0.310. The van der Waals surface area contributed by atoms with Crippen LogP contribution in [0.3, 0.4) is 0 Å². The Morgan fingerprint density at radius 3 is 2.55 bits per heavy atom. The topological polar surface area (TPSA) is 39.7 Å². The van der Waals surface area contributed by atoms with Gasteiger partial charge in [0.05, 0.1) is 0 Å². The summed E-state index contributed by atoms with van der Waals surface area (Å²) in [6.45, 7) is 2.08. The molecule has 0 aromatic heterocycles. The molecule has 0 aromatic rings. The van der Waals surface area contributed by atoms with E-state index in [0.717, 1.165) is 30.3 Å². The first kappa shape index (κ1) is 20.4. The highest BCUT2D eigenvalue weighted by atomic mass is 127. The minimum absolute atomic E-state index is 0. The molecule has 0 saturated heterocycles. The van der Waals surface area contributed by atoms with Gasteiger partial charge in [0.1, 0.15) is 0 Å². The quantitative estimate of drug-likeness (QED) is 0.379. The Morgan fingerprint density at radius 2 is 1.95 bits per heavy atom. The lowest BCUT2D eigenvalue weighted by molar-refractivity contribution is 0.249. The average molecular weight is 440 g/mol. The van der Waals surface area contributed by atoms with Crippen LogP contribution in [0.25, 0.3) is 0 Å². The molecule has 0 spiro atoms. The minimum Gasteiger partial charge on any atom is -0.355 e. The van der Waals surface area contributed by atoms with Crippen LogP contribution in [0.2, 0.25) is 0 Å². The normalized spacial score (nSPS) is 26.3. The predicted octanol–water partition coefficient (Wildman–Crippen LogP) is 2.93. The van der Waals surface area contributed by atoms with E-state index >= 15 is 0 Å². The lowest BCUT2D eigenvalue weighted by Crippen LogP contribution is -2.45. The SMILES string of the molecule is CN=C(NCCN(C)C1CCCC1)NC1CCC(SC)C1.I. The first-order valence-corrected chi connectivity index (χ1v) is 9.72. The predicted molar refractivity (Wildman–Crippen MR) is 110 cm³/mol. The van der Waals surface area contributed by atoms with Crippen LogP contribution >= 0.6 is 35.7 Å². The number of guanidine groups is 1. The third-order valence-electron chi connectivity index (χ3n) is 4.99. The molecule has 2 unspecified atom stereocenters. The fraction of sp³-hybridized carbons (Fsp3) is 0.938. The molecule has 0 radical (unpaired) electrons. The van der Waals surface area contributed by atoms with Crippen molar-refractivity contribution in [1.29, 1.82) is 0 Å². The number of nitrogens with zero attached hydrogens (tertiary/aromatic N) is 2. The molecule has 2 aliphatic carbocycles. The first-order chi connectivity index (χ1) is 10.2. The first-order valence-electron chi connectivity index (χ1n) is 8.43. The van der Waals surface area contributed by atoms with Gasteiger partial charge in [-0.05, 0) is 45.4 Å². The van der Waals surface area contributed by atoms with Crippen LogP contribution in [0.5, 0.6) is 0 Å². The van der Waals surface area contributed by atoms with Crippen molar-refractivity contribution < 1.29 is 0 Å². The number of aliphatic imine (C=N–C) groups is 1. The maximum absolute atomic E-state index is 4.37. The van der Waals surface area contributed by atoms with Crippen molar-refractivity contribution in [2.75, 3.05) is 33.4 Å². The van der Waals surface area contributed by atoms with Crippen LogP contribution in [0.4, 0.5) is 0 Å². The van der Waals surface area contributed by atoms with Gasteiger partial charge in [-0.25, -0.2) is 0 Å². The van der Waals surface area contributed by atoms with Crippen LogP contribution in [-0.4, -0.2) is 61.6 Å². The summed E-state index contributed by atoms with van der Waals surface area (Å²) in [6.07, 6.45) is 11.7. The molecule has 2 fully saturated rings. The summed E-state index contributed by atoms with van der Waals surface area (Å²) in [5.41, 5.74) is 0. The Balaban J connectivity index is 0.00000242. The van der Waals surface area contributed by atoms with Crippen LogP contribution in [0.15, 0.2) is 4.99 Å². The average Bonchev–Trinajstić information content (AvgIpc) is 3.17. The minimum atomic E-state index is 0. The van der Waals surface area contributed by atoms with Gasteiger partial charge in [-0.3, -0.25) is 4.99 Å². The smallest absolute Gasteiger partial charge is 0.191 e. The van der Waals surface area contributed by atoms with Crippen molar-refractivity contribution in [2.24, 2.45) is 4.99 Å². The molecule has 2 rings (SSSR count). The van der Waals surface area contributed by atoms with Gasteiger partial charge in [0.2, 0.25) is 0 Å². The molecule has 6 heteroatoms. The Kier molecular flexibility index (Phi) is 10.1. The molecule has 2 aliphatic rings. The van der Waals surface area contributed by atoms with E-state index in [2.05, 4.69) is 33.8 Å². The maximum atomic E-state index is 4.37. The molecule has 2 atom stereocenters. The van der Waals surface area contributed by atoms with E-state index in [1.165, 1.54) is 44.9 Å². The number of likely N-dealkylation sites (N-methyl/N-ethyl adjacent to an activating group) is 1. The highest BCUT2D eigenvalue weighted by molar-refractivity contribution is 14.0. The fourth-order valence-corrected chi connectivity index (χ4v) is 4.35. The van der Waals surface area contributed by atoms with E-state index in [1.807, 2.05) is 18.8 Å².